The number of aliphatic hydroxyl groups is 1. The summed E-state index contributed by atoms with van der Waals surface area (Å²) in [5.74, 6) is 1.69. The van der Waals surface area contributed by atoms with Gasteiger partial charge in [0.15, 0.2) is 11.5 Å². The zero-order chi connectivity index (χ0) is 14.0. The molecule has 1 aliphatic carbocycles. The van der Waals surface area contributed by atoms with E-state index in [-0.39, 0.29) is 0 Å². The lowest BCUT2D eigenvalue weighted by Gasteiger charge is -2.37. The van der Waals surface area contributed by atoms with E-state index in [1.165, 1.54) is 5.56 Å². The second-order valence-electron chi connectivity index (χ2n) is 6.09. The Balaban J connectivity index is 1.44. The Labute approximate surface area is 120 Å². The van der Waals surface area contributed by atoms with E-state index < -0.39 is 5.60 Å². The Morgan fingerprint density at radius 2 is 2.10 bits per heavy atom. The van der Waals surface area contributed by atoms with Crippen molar-refractivity contribution in [2.75, 3.05) is 13.3 Å². The van der Waals surface area contributed by atoms with E-state index in [1.807, 2.05) is 6.07 Å². The summed E-state index contributed by atoms with van der Waals surface area (Å²) in [6, 6.07) is 6.55. The number of hydrogen-bond acceptors (Lipinski definition) is 4. The molecule has 3 rings (SSSR count). The molecule has 0 spiro atoms. The topological polar surface area (TPSA) is 50.7 Å². The maximum absolute atomic E-state index is 10.1. The van der Waals surface area contributed by atoms with Gasteiger partial charge in [0.1, 0.15) is 0 Å². The summed E-state index contributed by atoms with van der Waals surface area (Å²) >= 11 is 0. The van der Waals surface area contributed by atoms with Crippen molar-refractivity contribution in [2.24, 2.45) is 0 Å². The predicted molar refractivity (Wildman–Crippen MR) is 77.2 cm³/mol. The van der Waals surface area contributed by atoms with Crippen LogP contribution in [-0.4, -0.2) is 30.1 Å². The van der Waals surface area contributed by atoms with Crippen LogP contribution in [-0.2, 0) is 6.42 Å². The summed E-state index contributed by atoms with van der Waals surface area (Å²) < 4.78 is 10.7. The average Bonchev–Trinajstić information content (AvgIpc) is 2.88. The Morgan fingerprint density at radius 1 is 1.30 bits per heavy atom. The first-order valence-corrected chi connectivity index (χ1v) is 7.49. The Bertz CT molecular complexity index is 471. The molecule has 4 nitrogen and oxygen atoms in total. The minimum absolute atomic E-state index is 0.329. The molecule has 1 fully saturated rings. The van der Waals surface area contributed by atoms with Crippen molar-refractivity contribution in [1.29, 1.82) is 0 Å². The van der Waals surface area contributed by atoms with Gasteiger partial charge in [0, 0.05) is 12.6 Å². The molecule has 0 saturated heterocycles. The summed E-state index contributed by atoms with van der Waals surface area (Å²) in [4.78, 5) is 0. The largest absolute Gasteiger partial charge is 0.454 e. The van der Waals surface area contributed by atoms with Gasteiger partial charge in [-0.1, -0.05) is 6.07 Å². The highest BCUT2D eigenvalue weighted by Gasteiger charge is 2.34. The lowest BCUT2D eigenvalue weighted by atomic mass is 9.80. The molecule has 2 N–H and O–H groups in total. The summed E-state index contributed by atoms with van der Waals surface area (Å²) in [6.45, 7) is 3.22. The number of aryl methyl sites for hydroxylation is 1. The van der Waals surface area contributed by atoms with Crippen LogP contribution in [0.1, 0.15) is 38.2 Å². The van der Waals surface area contributed by atoms with Crippen molar-refractivity contribution in [3.63, 3.8) is 0 Å². The van der Waals surface area contributed by atoms with Crippen LogP contribution in [0, 0.1) is 0 Å². The van der Waals surface area contributed by atoms with Crippen molar-refractivity contribution in [3.8, 4) is 11.5 Å². The summed E-state index contributed by atoms with van der Waals surface area (Å²) in [6.07, 6.45) is 5.09. The zero-order valence-electron chi connectivity index (χ0n) is 12.0. The van der Waals surface area contributed by atoms with Crippen LogP contribution in [0.3, 0.4) is 0 Å². The first-order chi connectivity index (χ1) is 9.65. The third kappa shape index (κ3) is 3.07. The van der Waals surface area contributed by atoms with E-state index in [2.05, 4.69) is 24.4 Å². The number of benzene rings is 1. The molecule has 1 unspecified atom stereocenters. The number of rotatable bonds is 6. The molecule has 20 heavy (non-hydrogen) atoms. The zero-order valence-corrected chi connectivity index (χ0v) is 12.0. The van der Waals surface area contributed by atoms with Crippen molar-refractivity contribution in [3.05, 3.63) is 23.8 Å². The van der Waals surface area contributed by atoms with E-state index in [4.69, 9.17) is 9.47 Å². The van der Waals surface area contributed by atoms with E-state index in [0.29, 0.717) is 12.8 Å². The molecule has 2 aliphatic rings. The Kier molecular flexibility index (Phi) is 3.85. The molecular weight excluding hydrogens is 254 g/mol. The fourth-order valence-corrected chi connectivity index (χ4v) is 2.71. The minimum atomic E-state index is -0.437. The van der Waals surface area contributed by atoms with Gasteiger partial charge in [-0.25, -0.2) is 0 Å². The third-order valence-corrected chi connectivity index (χ3v) is 4.37. The highest BCUT2D eigenvalue weighted by atomic mass is 16.7. The second kappa shape index (κ2) is 5.62. The van der Waals surface area contributed by atoms with E-state index in [9.17, 15) is 5.11 Å². The first-order valence-electron chi connectivity index (χ1n) is 7.49. The minimum Gasteiger partial charge on any atom is -0.454 e. The molecule has 4 heteroatoms. The molecule has 1 heterocycles. The number of fused-ring (bicyclic) bond motifs is 1. The van der Waals surface area contributed by atoms with Crippen LogP contribution in [0.2, 0.25) is 0 Å². The maximum Gasteiger partial charge on any atom is 0.231 e. The van der Waals surface area contributed by atoms with Gasteiger partial charge < -0.3 is 19.9 Å². The normalized spacial score (nSPS) is 20.5. The number of ether oxygens (including phenoxy) is 2. The second-order valence-corrected chi connectivity index (χ2v) is 6.09. The van der Waals surface area contributed by atoms with Gasteiger partial charge in [-0.2, -0.15) is 0 Å². The van der Waals surface area contributed by atoms with Crippen LogP contribution in [0.4, 0.5) is 0 Å². The van der Waals surface area contributed by atoms with Gasteiger partial charge >= 0.3 is 0 Å². The molecular formula is C16H23NO3. The molecule has 0 radical (unpaired) electrons. The molecule has 1 atom stereocenters. The fourth-order valence-electron chi connectivity index (χ4n) is 2.71. The molecule has 0 amide bonds. The highest BCUT2D eigenvalue weighted by molar-refractivity contribution is 5.44. The van der Waals surface area contributed by atoms with Crippen LogP contribution in [0.25, 0.3) is 0 Å². The summed E-state index contributed by atoms with van der Waals surface area (Å²) in [5.41, 5.74) is 0.831. The Hall–Kier alpha value is -1.26. The van der Waals surface area contributed by atoms with Gasteiger partial charge in [0.25, 0.3) is 0 Å². The lowest BCUT2D eigenvalue weighted by Crippen LogP contribution is -2.48. The lowest BCUT2D eigenvalue weighted by molar-refractivity contribution is -0.0330. The van der Waals surface area contributed by atoms with Crippen molar-refractivity contribution in [2.45, 2.75) is 50.7 Å². The third-order valence-electron chi connectivity index (χ3n) is 4.37. The monoisotopic (exact) mass is 277 g/mol. The predicted octanol–water partition coefficient (Wildman–Crippen LogP) is 2.24. The summed E-state index contributed by atoms with van der Waals surface area (Å²) in [7, 11) is 0. The highest BCUT2D eigenvalue weighted by Crippen LogP contribution is 2.33. The van der Waals surface area contributed by atoms with Crippen molar-refractivity contribution >= 4 is 0 Å². The summed E-state index contributed by atoms with van der Waals surface area (Å²) in [5, 5.41) is 13.5. The molecule has 0 bridgehead atoms. The van der Waals surface area contributed by atoms with E-state index >= 15 is 0 Å². The smallest absolute Gasteiger partial charge is 0.231 e. The van der Waals surface area contributed by atoms with Crippen LogP contribution in [0.15, 0.2) is 18.2 Å². The first kappa shape index (κ1) is 13.7. The van der Waals surface area contributed by atoms with Crippen molar-refractivity contribution in [1.82, 2.24) is 5.32 Å². The standard InChI is InChI=1S/C16H23NO3/c1-12(17-10-16(18)7-2-8-16)3-4-13-5-6-14-15(9-13)20-11-19-14/h5-6,9,12,17-18H,2-4,7-8,10-11H2,1H3. The molecule has 1 aromatic rings. The quantitative estimate of drug-likeness (QED) is 0.837. The number of nitrogens with one attached hydrogen (secondary N) is 1. The molecule has 0 aromatic heterocycles. The van der Waals surface area contributed by atoms with Crippen molar-refractivity contribution < 1.29 is 14.6 Å². The molecule has 1 aromatic carbocycles. The molecule has 1 aliphatic heterocycles. The maximum atomic E-state index is 10.1. The van der Waals surface area contributed by atoms with Gasteiger partial charge in [-0.05, 0) is 56.7 Å². The fraction of sp³-hybridized carbons (Fsp3) is 0.625. The number of hydrogen-bond donors (Lipinski definition) is 2. The molecule has 1 saturated carbocycles. The van der Waals surface area contributed by atoms with Crippen LogP contribution >= 0.6 is 0 Å². The van der Waals surface area contributed by atoms with Gasteiger partial charge in [-0.3, -0.25) is 0 Å². The Morgan fingerprint density at radius 3 is 2.85 bits per heavy atom. The van der Waals surface area contributed by atoms with Gasteiger partial charge in [0.2, 0.25) is 6.79 Å². The average molecular weight is 277 g/mol. The molecule has 110 valence electrons. The van der Waals surface area contributed by atoms with E-state index in [0.717, 1.165) is 50.1 Å². The van der Waals surface area contributed by atoms with Gasteiger partial charge in [0.05, 0.1) is 5.60 Å². The van der Waals surface area contributed by atoms with Crippen LogP contribution < -0.4 is 14.8 Å². The van der Waals surface area contributed by atoms with Gasteiger partial charge in [-0.15, -0.1) is 0 Å². The van der Waals surface area contributed by atoms with E-state index in [1.54, 1.807) is 0 Å². The SMILES string of the molecule is CC(CCc1ccc2c(c1)OCO2)NCC1(O)CCC1. The van der Waals surface area contributed by atoms with Crippen LogP contribution in [0.5, 0.6) is 11.5 Å².